The molecule has 94 valence electrons. The number of aliphatic hydroxyl groups excluding tert-OH is 1. The molecule has 1 saturated carbocycles. The van der Waals surface area contributed by atoms with Crippen LogP contribution in [0.2, 0.25) is 0 Å². The van der Waals surface area contributed by atoms with Crippen LogP contribution in [0, 0.1) is 5.92 Å². The highest BCUT2D eigenvalue weighted by Crippen LogP contribution is 2.37. The molecule has 1 atom stereocenters. The van der Waals surface area contributed by atoms with Crippen LogP contribution in [-0.4, -0.2) is 33.1 Å². The average Bonchev–Trinajstić information content (AvgIpc) is 3.13. The molecule has 0 aromatic heterocycles. The van der Waals surface area contributed by atoms with Crippen LogP contribution in [0.25, 0.3) is 0 Å². The van der Waals surface area contributed by atoms with E-state index in [1.165, 1.54) is 12.1 Å². The van der Waals surface area contributed by atoms with Crippen LogP contribution >= 0.6 is 0 Å². The van der Waals surface area contributed by atoms with Gasteiger partial charge in [-0.25, -0.2) is 0 Å². The fourth-order valence-corrected chi connectivity index (χ4v) is 1.76. The summed E-state index contributed by atoms with van der Waals surface area (Å²) >= 11 is 0. The summed E-state index contributed by atoms with van der Waals surface area (Å²) in [6, 6.07) is 2.85. The lowest BCUT2D eigenvalue weighted by molar-refractivity contribution is 0.148. The third-order valence-corrected chi connectivity index (χ3v) is 3.05. The number of aromatic hydroxyl groups is 3. The minimum absolute atomic E-state index is 0.321. The van der Waals surface area contributed by atoms with Gasteiger partial charge in [0, 0.05) is 18.7 Å². The Balaban J connectivity index is 1.88. The van der Waals surface area contributed by atoms with Crippen LogP contribution in [0.3, 0.4) is 0 Å². The fraction of sp³-hybridized carbons (Fsp3) is 0.500. The van der Waals surface area contributed by atoms with E-state index in [0.717, 1.165) is 12.8 Å². The predicted molar refractivity (Wildman–Crippen MR) is 61.9 cm³/mol. The van der Waals surface area contributed by atoms with Gasteiger partial charge in [0.2, 0.25) is 5.75 Å². The number of hydrogen-bond acceptors (Lipinski definition) is 5. The van der Waals surface area contributed by atoms with Gasteiger partial charge in [0.1, 0.15) is 0 Å². The van der Waals surface area contributed by atoms with Gasteiger partial charge in [0.15, 0.2) is 11.5 Å². The van der Waals surface area contributed by atoms with E-state index in [0.29, 0.717) is 24.6 Å². The highest BCUT2D eigenvalue weighted by atomic mass is 16.3. The maximum atomic E-state index is 9.62. The largest absolute Gasteiger partial charge is 0.504 e. The van der Waals surface area contributed by atoms with E-state index >= 15 is 0 Å². The van der Waals surface area contributed by atoms with Crippen molar-refractivity contribution in [2.24, 2.45) is 5.92 Å². The van der Waals surface area contributed by atoms with Gasteiger partial charge < -0.3 is 25.7 Å². The van der Waals surface area contributed by atoms with Gasteiger partial charge in [0.25, 0.3) is 0 Å². The van der Waals surface area contributed by atoms with Crippen LogP contribution in [-0.2, 0) is 6.54 Å². The molecule has 0 amide bonds. The van der Waals surface area contributed by atoms with Crippen molar-refractivity contribution in [1.82, 2.24) is 5.32 Å². The summed E-state index contributed by atoms with van der Waals surface area (Å²) in [5, 5.41) is 40.6. The average molecular weight is 239 g/mol. The predicted octanol–water partition coefficient (Wildman–Crippen LogP) is 0.664. The smallest absolute Gasteiger partial charge is 0.200 e. The van der Waals surface area contributed by atoms with Crippen LogP contribution in [0.5, 0.6) is 17.2 Å². The van der Waals surface area contributed by atoms with Crippen molar-refractivity contribution in [1.29, 1.82) is 0 Å². The van der Waals surface area contributed by atoms with Crippen molar-refractivity contribution in [3.8, 4) is 17.2 Å². The lowest BCUT2D eigenvalue weighted by atomic mass is 10.1. The molecule has 1 aliphatic carbocycles. The van der Waals surface area contributed by atoms with Crippen LogP contribution in [0.15, 0.2) is 12.1 Å². The number of phenolic OH excluding ortho intramolecular Hbond substituents is 3. The Morgan fingerprint density at radius 1 is 1.18 bits per heavy atom. The zero-order valence-electron chi connectivity index (χ0n) is 9.43. The first kappa shape index (κ1) is 12.0. The Hall–Kier alpha value is -1.46. The molecule has 5 nitrogen and oxygen atoms in total. The first-order chi connectivity index (χ1) is 8.09. The molecule has 1 aliphatic rings. The number of hydrogen-bond donors (Lipinski definition) is 5. The molecule has 1 fully saturated rings. The molecule has 0 radical (unpaired) electrons. The normalized spacial score (nSPS) is 17.0. The van der Waals surface area contributed by atoms with Gasteiger partial charge >= 0.3 is 0 Å². The third-order valence-electron chi connectivity index (χ3n) is 3.05. The minimum atomic E-state index is -0.507. The van der Waals surface area contributed by atoms with Gasteiger partial charge in [0.05, 0.1) is 6.10 Å². The second kappa shape index (κ2) is 4.81. The number of rotatable bonds is 5. The van der Waals surface area contributed by atoms with E-state index in [4.69, 9.17) is 5.11 Å². The summed E-state index contributed by atoms with van der Waals surface area (Å²) in [6.45, 7) is 0.801. The highest BCUT2D eigenvalue weighted by molar-refractivity contribution is 5.52. The Morgan fingerprint density at radius 2 is 1.88 bits per heavy atom. The molecule has 0 bridgehead atoms. The summed E-state index contributed by atoms with van der Waals surface area (Å²) in [7, 11) is 0. The van der Waals surface area contributed by atoms with Gasteiger partial charge in [-0.2, -0.15) is 0 Å². The Morgan fingerprint density at radius 3 is 2.53 bits per heavy atom. The summed E-state index contributed by atoms with van der Waals surface area (Å²) in [5.41, 5.74) is 0.489. The topological polar surface area (TPSA) is 93.0 Å². The molecule has 0 saturated heterocycles. The Labute approximate surface area is 99.3 Å². The maximum Gasteiger partial charge on any atom is 0.200 e. The van der Waals surface area contributed by atoms with Gasteiger partial charge in [-0.1, -0.05) is 6.07 Å². The van der Waals surface area contributed by atoms with Crippen molar-refractivity contribution in [2.45, 2.75) is 25.5 Å². The van der Waals surface area contributed by atoms with Crippen molar-refractivity contribution in [3.05, 3.63) is 17.7 Å². The van der Waals surface area contributed by atoms with Crippen molar-refractivity contribution >= 4 is 0 Å². The van der Waals surface area contributed by atoms with Crippen LogP contribution in [0.4, 0.5) is 0 Å². The first-order valence-electron chi connectivity index (χ1n) is 5.71. The molecule has 2 rings (SSSR count). The standard InChI is InChI=1S/C12H17NO4/c14-9-4-3-8(11(16)12(9)17)5-13-6-10(15)7-1-2-7/h3-4,7,10,13-17H,1-2,5-6H2. The maximum absolute atomic E-state index is 9.62. The van der Waals surface area contributed by atoms with E-state index in [1.807, 2.05) is 0 Å². The zero-order valence-corrected chi connectivity index (χ0v) is 9.43. The molecular formula is C12H17NO4. The van der Waals surface area contributed by atoms with Crippen molar-refractivity contribution in [2.75, 3.05) is 6.54 Å². The molecule has 1 unspecified atom stereocenters. The van der Waals surface area contributed by atoms with E-state index < -0.39 is 5.75 Å². The summed E-state index contributed by atoms with van der Waals surface area (Å²) in [4.78, 5) is 0. The molecule has 0 aliphatic heterocycles. The molecule has 1 aromatic carbocycles. The molecule has 17 heavy (non-hydrogen) atoms. The molecule has 0 spiro atoms. The van der Waals surface area contributed by atoms with Crippen LogP contribution < -0.4 is 5.32 Å². The van der Waals surface area contributed by atoms with Gasteiger partial charge in [-0.05, 0) is 24.8 Å². The Bertz CT molecular complexity index is 404. The number of nitrogens with one attached hydrogen (secondary N) is 1. The number of phenols is 3. The van der Waals surface area contributed by atoms with Crippen molar-refractivity contribution < 1.29 is 20.4 Å². The Kier molecular flexibility index (Phi) is 3.40. The second-order valence-corrected chi connectivity index (χ2v) is 4.48. The fourth-order valence-electron chi connectivity index (χ4n) is 1.76. The van der Waals surface area contributed by atoms with E-state index in [2.05, 4.69) is 5.32 Å². The second-order valence-electron chi connectivity index (χ2n) is 4.48. The van der Waals surface area contributed by atoms with Crippen molar-refractivity contribution in [3.63, 3.8) is 0 Å². The molecule has 0 heterocycles. The molecule has 5 heteroatoms. The minimum Gasteiger partial charge on any atom is -0.504 e. The third kappa shape index (κ3) is 2.81. The quantitative estimate of drug-likeness (QED) is 0.487. The first-order valence-corrected chi connectivity index (χ1v) is 5.71. The summed E-state index contributed by atoms with van der Waals surface area (Å²) in [5.74, 6) is -0.765. The monoisotopic (exact) mass is 239 g/mol. The van der Waals surface area contributed by atoms with E-state index in [-0.39, 0.29) is 17.6 Å². The summed E-state index contributed by atoms with van der Waals surface area (Å²) in [6.07, 6.45) is 1.81. The molecular weight excluding hydrogens is 222 g/mol. The molecule has 5 N–H and O–H groups in total. The van der Waals surface area contributed by atoms with Gasteiger partial charge in [-0.15, -0.1) is 0 Å². The SMILES string of the molecule is Oc1ccc(CNCC(O)C2CC2)c(O)c1O. The van der Waals surface area contributed by atoms with Gasteiger partial charge in [-0.3, -0.25) is 0 Å². The lowest BCUT2D eigenvalue weighted by Crippen LogP contribution is -2.27. The summed E-state index contributed by atoms with van der Waals surface area (Å²) < 4.78 is 0. The molecule has 1 aromatic rings. The number of benzene rings is 1. The van der Waals surface area contributed by atoms with E-state index in [9.17, 15) is 15.3 Å². The zero-order chi connectivity index (χ0) is 12.4. The van der Waals surface area contributed by atoms with Crippen LogP contribution in [0.1, 0.15) is 18.4 Å². The van der Waals surface area contributed by atoms with E-state index in [1.54, 1.807) is 0 Å². The highest BCUT2D eigenvalue weighted by Gasteiger charge is 2.29. The number of aliphatic hydroxyl groups is 1. The lowest BCUT2D eigenvalue weighted by Gasteiger charge is -2.12.